The molecule has 27 heavy (non-hydrogen) atoms. The molecule has 0 saturated heterocycles. The fraction of sp³-hybridized carbons (Fsp3) is 0.125. The van der Waals surface area contributed by atoms with E-state index in [9.17, 15) is 0 Å². The van der Waals surface area contributed by atoms with Crippen molar-refractivity contribution in [3.8, 4) is 32.8 Å². The smallest absolute Gasteiger partial charge is 0.0215 e. The summed E-state index contributed by atoms with van der Waals surface area (Å²) >= 11 is -0.543. The Morgan fingerprint density at radius 1 is 0.593 bits per heavy atom. The van der Waals surface area contributed by atoms with Crippen molar-refractivity contribution in [1.82, 2.24) is 0 Å². The summed E-state index contributed by atoms with van der Waals surface area (Å²) in [4.78, 5) is 7.09. The number of hydrogen-bond donors (Lipinski definition) is 0. The maximum absolute atomic E-state index is 2.36. The molecule has 4 aromatic rings. The van der Waals surface area contributed by atoms with Crippen LogP contribution < -0.4 is 0 Å². The molecule has 0 aliphatic rings. The molecular weight excluding hydrogens is 469 g/mol. The summed E-state index contributed by atoms with van der Waals surface area (Å²) in [6, 6.07) is 32.4. The Morgan fingerprint density at radius 2 is 1.00 bits per heavy atom. The van der Waals surface area contributed by atoms with E-state index in [1.54, 1.807) is 0 Å². The van der Waals surface area contributed by atoms with Gasteiger partial charge in [0.1, 0.15) is 0 Å². The molecule has 0 bridgehead atoms. The molecule has 0 N–H and O–H groups in total. The number of hydrogen-bond acceptors (Lipinski definition) is 0. The van der Waals surface area contributed by atoms with Gasteiger partial charge in [0.15, 0.2) is 0 Å². The number of rotatable bonds is 3. The second-order valence-electron chi connectivity index (χ2n) is 6.92. The second kappa shape index (κ2) is 10.3. The monoisotopic (exact) mass is 495 g/mol. The minimum absolute atomic E-state index is 0.543. The van der Waals surface area contributed by atoms with Crippen LogP contribution in [-0.2, 0) is 0 Å². The van der Waals surface area contributed by atoms with Gasteiger partial charge in [-0.3, -0.25) is 0 Å². The molecule has 0 aliphatic carbocycles. The summed E-state index contributed by atoms with van der Waals surface area (Å²) in [5.41, 5.74) is 5.43. The van der Waals surface area contributed by atoms with Crippen LogP contribution in [0.25, 0.3) is 32.8 Å². The molecule has 0 nitrogen and oxygen atoms in total. The molecule has 1 heterocycles. The van der Waals surface area contributed by atoms with Gasteiger partial charge in [-0.15, -0.1) is 7.87 Å². The van der Waals surface area contributed by atoms with Gasteiger partial charge in [0, 0.05) is 16.2 Å². The van der Waals surface area contributed by atoms with E-state index in [1.807, 2.05) is 0 Å². The molecule has 4 rings (SSSR count). The topological polar surface area (TPSA) is 0 Å². The Balaban J connectivity index is 0.000000481. The molecular formula is C24H25P2Sn. The zero-order chi connectivity index (χ0) is 19.1. The summed E-state index contributed by atoms with van der Waals surface area (Å²) in [5, 5.41) is 2.94. The molecule has 1 atom stereocenters. The maximum Gasteiger partial charge on any atom is 0.0215 e. The van der Waals surface area contributed by atoms with Crippen LogP contribution in [0.15, 0.2) is 91.0 Å². The van der Waals surface area contributed by atoms with E-state index in [1.165, 1.54) is 40.7 Å². The Labute approximate surface area is 173 Å². The van der Waals surface area contributed by atoms with E-state index in [4.69, 9.17) is 0 Å². The van der Waals surface area contributed by atoms with Gasteiger partial charge < -0.3 is 0 Å². The van der Waals surface area contributed by atoms with Gasteiger partial charge in [-0.25, -0.2) is 0 Å². The van der Waals surface area contributed by atoms with Gasteiger partial charge >= 0.3 is 34.6 Å². The molecule has 135 valence electrons. The number of benzene rings is 3. The molecule has 0 aliphatic heterocycles. The molecule has 3 aromatic carbocycles. The van der Waals surface area contributed by atoms with Crippen LogP contribution in [0.5, 0.6) is 0 Å². The summed E-state index contributed by atoms with van der Waals surface area (Å²) < 4.78 is 0. The van der Waals surface area contributed by atoms with Crippen molar-refractivity contribution < 1.29 is 0 Å². The molecule has 1 aromatic heterocycles. The van der Waals surface area contributed by atoms with Gasteiger partial charge in [0.2, 0.25) is 0 Å². The Hall–Kier alpha value is -1.33. The second-order valence-corrected chi connectivity index (χ2v) is 18.2. The molecule has 0 spiro atoms. The molecule has 1 radical (unpaired) electrons. The first-order chi connectivity index (χ1) is 13.2. The van der Waals surface area contributed by atoms with Crippen molar-refractivity contribution in [2.45, 2.75) is 14.8 Å². The van der Waals surface area contributed by atoms with Crippen molar-refractivity contribution in [3.63, 3.8) is 0 Å². The minimum Gasteiger partial charge on any atom is -0.101 e. The first kappa shape index (κ1) is 20.4. The standard InChI is InChI=1S/C21H16P2.3CH3.Sn/c1-4-10-16(11-5-1)19-20(17-12-6-2-7-13-17)22-23-21(19)18-14-8-3-9-15-18;;;;/h1-15,22H;3*1H3;. The van der Waals surface area contributed by atoms with Gasteiger partial charge in [0.05, 0.1) is 0 Å². The van der Waals surface area contributed by atoms with Crippen molar-refractivity contribution >= 4 is 35.5 Å². The van der Waals surface area contributed by atoms with E-state index in [0.717, 1.165) is 7.87 Å². The van der Waals surface area contributed by atoms with E-state index < -0.39 is 19.8 Å². The molecule has 0 amide bonds. The van der Waals surface area contributed by atoms with Crippen molar-refractivity contribution in [2.24, 2.45) is 0 Å². The maximum atomic E-state index is 2.36. The molecule has 1 unspecified atom stereocenters. The summed E-state index contributed by atoms with van der Waals surface area (Å²) in [6.45, 7) is 0. The van der Waals surface area contributed by atoms with E-state index in [-0.39, 0.29) is 0 Å². The predicted molar refractivity (Wildman–Crippen MR) is 128 cm³/mol. The SMILES string of the molecule is [CH3][Sn]([CH3])[CH3].c1ccc(-c2p[pH]c(-c3ccccc3)c2-c2ccccc2)cc1. The van der Waals surface area contributed by atoms with Crippen molar-refractivity contribution in [1.29, 1.82) is 0 Å². The third-order valence-electron chi connectivity index (χ3n) is 3.94. The van der Waals surface area contributed by atoms with Gasteiger partial charge in [-0.05, 0) is 24.6 Å². The van der Waals surface area contributed by atoms with Crippen LogP contribution >= 0.6 is 15.7 Å². The minimum atomic E-state index is -0.543. The normalized spacial score (nSPS) is 11.0. The van der Waals surface area contributed by atoms with E-state index >= 15 is 0 Å². The quantitative estimate of drug-likeness (QED) is 0.250. The van der Waals surface area contributed by atoms with Crippen LogP contribution in [0.2, 0.25) is 14.8 Å². The fourth-order valence-corrected chi connectivity index (χ4v) is 6.60. The van der Waals surface area contributed by atoms with Gasteiger partial charge in [-0.1, -0.05) is 91.0 Å². The van der Waals surface area contributed by atoms with Crippen LogP contribution in [0, 0.1) is 0 Å². The van der Waals surface area contributed by atoms with Gasteiger partial charge in [0.25, 0.3) is 0 Å². The van der Waals surface area contributed by atoms with Crippen LogP contribution in [0.4, 0.5) is 0 Å². The fourth-order valence-electron chi connectivity index (χ4n) is 2.85. The largest absolute Gasteiger partial charge is 0.101 e. The van der Waals surface area contributed by atoms with Crippen molar-refractivity contribution in [2.75, 3.05) is 0 Å². The van der Waals surface area contributed by atoms with Crippen molar-refractivity contribution in [3.05, 3.63) is 91.0 Å². The average Bonchev–Trinajstić information content (AvgIpc) is 3.15. The Morgan fingerprint density at radius 3 is 1.48 bits per heavy atom. The molecule has 3 heteroatoms. The van der Waals surface area contributed by atoms with Gasteiger partial charge in [-0.2, -0.15) is 0 Å². The predicted octanol–water partition coefficient (Wildman–Crippen LogP) is 8.67. The van der Waals surface area contributed by atoms with Crippen LogP contribution in [-0.4, -0.2) is 19.8 Å². The first-order valence-corrected chi connectivity index (χ1v) is 20.5. The zero-order valence-corrected chi connectivity index (χ0v) is 20.9. The zero-order valence-electron chi connectivity index (χ0n) is 16.1. The first-order valence-electron chi connectivity index (χ1n) is 9.18. The Bertz CT molecular complexity index is 886. The van der Waals surface area contributed by atoms with Crippen LogP contribution in [0.1, 0.15) is 0 Å². The van der Waals surface area contributed by atoms with Crippen LogP contribution in [0.3, 0.4) is 0 Å². The van der Waals surface area contributed by atoms with E-state index in [0.29, 0.717) is 0 Å². The third-order valence-corrected chi connectivity index (χ3v) is 7.20. The van der Waals surface area contributed by atoms with E-state index in [2.05, 4.69) is 106 Å². The summed E-state index contributed by atoms with van der Waals surface area (Å²) in [7, 11) is 2.22. The summed E-state index contributed by atoms with van der Waals surface area (Å²) in [5.74, 6) is 0. The third kappa shape index (κ3) is 5.58. The molecule has 0 saturated carbocycles. The average molecular weight is 494 g/mol. The molecule has 0 fully saturated rings. The Kier molecular flexibility index (Phi) is 7.77. The summed E-state index contributed by atoms with van der Waals surface area (Å²) in [6.07, 6.45) is 0.